The molecule has 5 fully saturated rings. The van der Waals surface area contributed by atoms with Crippen molar-refractivity contribution in [2.45, 2.75) is 87.9 Å². The molecule has 0 radical (unpaired) electrons. The van der Waals surface area contributed by atoms with Crippen molar-refractivity contribution < 1.29 is 29.4 Å². The molecule has 9 heteroatoms. The summed E-state index contributed by atoms with van der Waals surface area (Å²) in [6.07, 6.45) is 7.20. The molecule has 3 heterocycles. The monoisotopic (exact) mass is 525 g/mol. The second-order valence-corrected chi connectivity index (χ2v) is 11.5. The van der Waals surface area contributed by atoms with E-state index >= 15 is 0 Å². The van der Waals surface area contributed by atoms with Crippen molar-refractivity contribution in [3.05, 3.63) is 35.9 Å². The number of nitrogens with zero attached hydrogens (tertiary/aromatic N) is 1. The van der Waals surface area contributed by atoms with E-state index in [1.54, 1.807) is 17.0 Å². The van der Waals surface area contributed by atoms with E-state index in [0.29, 0.717) is 18.5 Å². The van der Waals surface area contributed by atoms with Crippen LogP contribution in [0.25, 0.3) is 0 Å². The summed E-state index contributed by atoms with van der Waals surface area (Å²) >= 11 is 0. The van der Waals surface area contributed by atoms with Crippen molar-refractivity contribution >= 4 is 23.5 Å². The van der Waals surface area contributed by atoms with Gasteiger partial charge < -0.3 is 25.7 Å². The number of amides is 3. The Morgan fingerprint density at radius 3 is 2.32 bits per heavy atom. The molecule has 3 aliphatic heterocycles. The number of carbonyl (C=O) groups is 4. The summed E-state index contributed by atoms with van der Waals surface area (Å²) in [6.45, 7) is -0.223. The van der Waals surface area contributed by atoms with Gasteiger partial charge in [0.2, 0.25) is 11.8 Å². The summed E-state index contributed by atoms with van der Waals surface area (Å²) in [5.41, 5.74) is -1.17. The van der Waals surface area contributed by atoms with E-state index in [1.165, 1.54) is 0 Å². The molecular formula is C29H39N3O6. The van der Waals surface area contributed by atoms with Crippen LogP contribution in [0.1, 0.15) is 69.8 Å². The fraction of sp³-hybridized carbons (Fsp3) is 0.655. The second-order valence-electron chi connectivity index (χ2n) is 11.5. The van der Waals surface area contributed by atoms with Gasteiger partial charge in [-0.25, -0.2) is 0 Å². The number of hydrogen-bond acceptors (Lipinski definition) is 6. The molecule has 4 atom stereocenters. The van der Waals surface area contributed by atoms with Gasteiger partial charge in [0.1, 0.15) is 12.6 Å². The molecule has 6 rings (SSSR count). The van der Waals surface area contributed by atoms with E-state index in [0.717, 1.165) is 51.4 Å². The number of carbonyl (C=O) groups excluding carboxylic acids is 4. The minimum Gasteiger partial charge on any atom is -0.389 e. The third-order valence-corrected chi connectivity index (χ3v) is 9.41. The zero-order chi connectivity index (χ0) is 26.9. The quantitative estimate of drug-likeness (QED) is 0.385. The van der Waals surface area contributed by atoms with Crippen molar-refractivity contribution in [1.82, 2.24) is 15.5 Å². The highest BCUT2D eigenvalue weighted by molar-refractivity contribution is 5.96. The van der Waals surface area contributed by atoms with Crippen molar-refractivity contribution in [3.63, 3.8) is 0 Å². The Hall–Kier alpha value is -2.78. The molecule has 0 spiro atoms. The minimum atomic E-state index is -1.73. The van der Waals surface area contributed by atoms with Crippen molar-refractivity contribution in [3.8, 4) is 0 Å². The first-order chi connectivity index (χ1) is 18.3. The molecule has 2 saturated carbocycles. The van der Waals surface area contributed by atoms with Gasteiger partial charge in [-0.3, -0.25) is 19.2 Å². The van der Waals surface area contributed by atoms with Crippen LogP contribution >= 0.6 is 0 Å². The molecule has 0 aromatic heterocycles. The van der Waals surface area contributed by atoms with E-state index in [9.17, 15) is 29.4 Å². The van der Waals surface area contributed by atoms with Gasteiger partial charge in [-0.2, -0.15) is 0 Å². The van der Waals surface area contributed by atoms with Crippen LogP contribution in [0.2, 0.25) is 0 Å². The summed E-state index contributed by atoms with van der Waals surface area (Å²) in [5.74, 6) is -2.30. The summed E-state index contributed by atoms with van der Waals surface area (Å²) in [5, 5.41) is 27.3. The van der Waals surface area contributed by atoms with Crippen LogP contribution in [-0.2, 0) is 24.8 Å². The van der Waals surface area contributed by atoms with E-state index in [1.807, 2.05) is 18.2 Å². The first kappa shape index (κ1) is 26.8. The predicted octanol–water partition coefficient (Wildman–Crippen LogP) is 1.41. The van der Waals surface area contributed by atoms with Gasteiger partial charge in [0.15, 0.2) is 11.4 Å². The Morgan fingerprint density at radius 1 is 1.03 bits per heavy atom. The van der Waals surface area contributed by atoms with Crippen LogP contribution in [-0.4, -0.2) is 69.9 Å². The fourth-order valence-corrected chi connectivity index (χ4v) is 7.34. The van der Waals surface area contributed by atoms with E-state index in [2.05, 4.69) is 10.6 Å². The van der Waals surface area contributed by atoms with Gasteiger partial charge in [-0.1, -0.05) is 43.2 Å². The molecule has 3 saturated heterocycles. The van der Waals surface area contributed by atoms with Crippen molar-refractivity contribution in [2.24, 2.45) is 17.8 Å². The smallest absolute Gasteiger partial charge is 0.260 e. The SMILES string of the molecule is O=C1NCC[C@H]1C[C@H](NC(=O)[C@H]1C2CCC(CC2)N1C(=O)[C@@](O)(c1ccccc1)C1CCCC1)C(=O)CO. The minimum absolute atomic E-state index is 0.0767. The van der Waals surface area contributed by atoms with Gasteiger partial charge in [0.05, 0.1) is 6.04 Å². The first-order valence-corrected chi connectivity index (χ1v) is 14.2. The molecule has 1 aromatic carbocycles. The molecule has 38 heavy (non-hydrogen) atoms. The number of hydrogen-bond donors (Lipinski definition) is 4. The number of aliphatic hydroxyl groups is 2. The molecule has 9 nitrogen and oxygen atoms in total. The van der Waals surface area contributed by atoms with Gasteiger partial charge >= 0.3 is 0 Å². The first-order valence-electron chi connectivity index (χ1n) is 14.2. The van der Waals surface area contributed by atoms with Gasteiger partial charge in [0.25, 0.3) is 5.91 Å². The molecule has 0 unspecified atom stereocenters. The second kappa shape index (κ2) is 11.1. The molecule has 1 aromatic rings. The lowest BCUT2D eigenvalue weighted by molar-refractivity contribution is -0.176. The number of nitrogens with one attached hydrogen (secondary N) is 2. The summed E-state index contributed by atoms with van der Waals surface area (Å²) in [7, 11) is 0. The standard InChI is InChI=1S/C29H39N3O6/c33-17-24(34)23(16-19-14-15-30-26(19)35)31-27(36)25-18-10-12-22(13-11-18)32(25)28(37)29(38,21-8-4-5-9-21)20-6-2-1-3-7-20/h1-3,6-7,18-19,21-23,25,33,38H,4-5,8-17H2,(H,30,35)(H,31,36)/t18?,19-,22?,23-,25+,29+/m0/s1. The highest BCUT2D eigenvalue weighted by atomic mass is 16.3. The molecular weight excluding hydrogens is 486 g/mol. The van der Waals surface area contributed by atoms with E-state index in [-0.39, 0.29) is 30.2 Å². The zero-order valence-electron chi connectivity index (χ0n) is 21.8. The number of ketones is 1. The average molecular weight is 526 g/mol. The lowest BCUT2D eigenvalue weighted by Crippen LogP contribution is -2.67. The van der Waals surface area contributed by atoms with Gasteiger partial charge in [-0.05, 0) is 62.8 Å². The van der Waals surface area contributed by atoms with Gasteiger partial charge in [0, 0.05) is 24.4 Å². The van der Waals surface area contributed by atoms with E-state index < -0.39 is 47.8 Å². The number of benzene rings is 1. The van der Waals surface area contributed by atoms with Crippen LogP contribution < -0.4 is 10.6 Å². The summed E-state index contributed by atoms with van der Waals surface area (Å²) < 4.78 is 0. The Bertz CT molecular complexity index is 1050. The van der Waals surface area contributed by atoms with Crippen LogP contribution in [0.15, 0.2) is 30.3 Å². The molecule has 206 valence electrons. The maximum absolute atomic E-state index is 14.4. The fourth-order valence-electron chi connectivity index (χ4n) is 7.34. The Kier molecular flexibility index (Phi) is 7.86. The largest absolute Gasteiger partial charge is 0.389 e. The number of rotatable bonds is 9. The third kappa shape index (κ3) is 4.86. The zero-order valence-corrected chi connectivity index (χ0v) is 21.8. The van der Waals surface area contributed by atoms with Crippen molar-refractivity contribution in [1.29, 1.82) is 0 Å². The molecule has 2 aliphatic carbocycles. The highest BCUT2D eigenvalue weighted by Gasteiger charge is 2.55. The topological polar surface area (TPSA) is 136 Å². The summed E-state index contributed by atoms with van der Waals surface area (Å²) in [6, 6.07) is 7.09. The predicted molar refractivity (Wildman–Crippen MR) is 138 cm³/mol. The third-order valence-electron chi connectivity index (χ3n) is 9.41. The average Bonchev–Trinajstić information content (AvgIpc) is 3.64. The molecule has 4 N–H and O–H groups in total. The number of piperidine rings is 2. The highest BCUT2D eigenvalue weighted by Crippen LogP contribution is 2.46. The van der Waals surface area contributed by atoms with E-state index in [4.69, 9.17) is 0 Å². The molecule has 5 aliphatic rings. The number of fused-ring (bicyclic) bond motifs is 3. The maximum atomic E-state index is 14.4. The number of Topliss-reactive ketones (excluding diaryl/α,β-unsaturated/α-hetero) is 1. The van der Waals surface area contributed by atoms with Crippen molar-refractivity contribution in [2.75, 3.05) is 13.2 Å². The molecule has 2 bridgehead atoms. The maximum Gasteiger partial charge on any atom is 0.260 e. The lowest BCUT2D eigenvalue weighted by atomic mass is 9.71. The Labute approximate surface area is 223 Å². The normalized spacial score (nSPS) is 29.5. The van der Waals surface area contributed by atoms with Crippen LogP contribution in [0.4, 0.5) is 0 Å². The Balaban J connectivity index is 1.44. The Morgan fingerprint density at radius 2 is 1.71 bits per heavy atom. The van der Waals surface area contributed by atoms with Crippen LogP contribution in [0, 0.1) is 17.8 Å². The van der Waals surface area contributed by atoms with Crippen LogP contribution in [0.3, 0.4) is 0 Å². The molecule has 3 amide bonds. The van der Waals surface area contributed by atoms with Gasteiger partial charge in [-0.15, -0.1) is 0 Å². The lowest BCUT2D eigenvalue weighted by Gasteiger charge is -2.53. The number of aliphatic hydroxyl groups excluding tert-OH is 1. The van der Waals surface area contributed by atoms with Crippen LogP contribution in [0.5, 0.6) is 0 Å². The summed E-state index contributed by atoms with van der Waals surface area (Å²) in [4.78, 5) is 54.7.